The Hall–Kier alpha value is -4.36. The highest BCUT2D eigenvalue weighted by Gasteiger charge is 2.24. The summed E-state index contributed by atoms with van der Waals surface area (Å²) >= 11 is 0. The number of methoxy groups -OCH3 is 1. The Balaban J connectivity index is 1.21. The van der Waals surface area contributed by atoms with Crippen molar-refractivity contribution >= 4 is 34.0 Å². The van der Waals surface area contributed by atoms with Crippen LogP contribution < -0.4 is 20.1 Å². The Morgan fingerprint density at radius 2 is 2.05 bits per heavy atom. The van der Waals surface area contributed by atoms with Crippen LogP contribution in [0.5, 0.6) is 11.5 Å². The number of anilines is 3. The Kier molecular flexibility index (Phi) is 9.39. The number of nitrogens with one attached hydrogen (secondary N) is 2. The van der Waals surface area contributed by atoms with Gasteiger partial charge in [0.25, 0.3) is 0 Å². The fourth-order valence-corrected chi connectivity index (χ4v) is 4.60. The third-order valence-corrected chi connectivity index (χ3v) is 6.85. The average Bonchev–Trinajstić information content (AvgIpc) is 3.69. The summed E-state index contributed by atoms with van der Waals surface area (Å²) in [4.78, 5) is 23.4. The van der Waals surface area contributed by atoms with Gasteiger partial charge in [-0.1, -0.05) is 6.07 Å². The largest absolute Gasteiger partial charge is 0.493 e. The van der Waals surface area contributed by atoms with Crippen LogP contribution in [0.3, 0.4) is 0 Å². The molecule has 222 valence electrons. The van der Waals surface area contributed by atoms with E-state index in [1.165, 1.54) is 42.2 Å². The van der Waals surface area contributed by atoms with Crippen LogP contribution in [-0.2, 0) is 11.3 Å². The minimum atomic E-state index is -1.12. The molecule has 42 heavy (non-hydrogen) atoms. The van der Waals surface area contributed by atoms with E-state index in [0.717, 1.165) is 31.5 Å². The summed E-state index contributed by atoms with van der Waals surface area (Å²) in [5.41, 5.74) is 0.952. The number of aromatic nitrogens is 4. The maximum atomic E-state index is 13.9. The topological polar surface area (TPSA) is 127 Å². The van der Waals surface area contributed by atoms with Crippen molar-refractivity contribution in [1.82, 2.24) is 24.6 Å². The van der Waals surface area contributed by atoms with Gasteiger partial charge in [-0.05, 0) is 43.4 Å². The van der Waals surface area contributed by atoms with E-state index in [1.807, 2.05) is 0 Å². The summed E-state index contributed by atoms with van der Waals surface area (Å²) in [6, 6.07) is 7.16. The van der Waals surface area contributed by atoms with Gasteiger partial charge in [0.2, 0.25) is 5.91 Å². The normalized spacial score (nSPS) is 13.0. The van der Waals surface area contributed by atoms with Gasteiger partial charge < -0.3 is 30.1 Å². The van der Waals surface area contributed by atoms with Crippen molar-refractivity contribution in [2.75, 3.05) is 50.6 Å². The second-order valence-electron chi connectivity index (χ2n) is 10.1. The molecule has 2 aromatic heterocycles. The van der Waals surface area contributed by atoms with E-state index in [4.69, 9.17) is 9.47 Å². The lowest BCUT2D eigenvalue weighted by Crippen LogP contribution is -2.30. The molecule has 0 saturated heterocycles. The van der Waals surface area contributed by atoms with E-state index in [0.29, 0.717) is 47.1 Å². The molecule has 5 rings (SSSR count). The van der Waals surface area contributed by atoms with E-state index < -0.39 is 17.5 Å². The number of hydrogen-bond donors (Lipinski definition) is 3. The maximum Gasteiger partial charge on any atom is 0.246 e. The second kappa shape index (κ2) is 13.5. The fraction of sp³-hybridized carbons (Fsp3) is 0.379. The van der Waals surface area contributed by atoms with Gasteiger partial charge in [0, 0.05) is 37.3 Å². The molecular weight excluding hydrogens is 548 g/mol. The standard InChI is InChI=1S/C29H33F2N7O4/c1-41-25-12-21-24(13-26(25)42-11-3-8-37(9-10-39)15-19-6-7-19)32-18-33-29(21)35-20-14-34-38(16-20)17-27(40)36-23-5-2-4-22(30)28(23)31/h2,4-5,12-14,16,18-19,39H,3,6-11,15,17H2,1H3,(H,36,40)(H,32,33,35). The van der Waals surface area contributed by atoms with Gasteiger partial charge >= 0.3 is 0 Å². The van der Waals surface area contributed by atoms with E-state index in [9.17, 15) is 18.7 Å². The molecule has 0 radical (unpaired) electrons. The predicted molar refractivity (Wildman–Crippen MR) is 153 cm³/mol. The number of halogens is 2. The molecule has 1 amide bonds. The van der Waals surface area contributed by atoms with Crippen LogP contribution in [0.2, 0.25) is 0 Å². The molecule has 1 saturated carbocycles. The molecule has 0 aliphatic heterocycles. The Bertz CT molecular complexity index is 1530. The number of aliphatic hydroxyl groups excluding tert-OH is 1. The van der Waals surface area contributed by atoms with Crippen LogP contribution >= 0.6 is 0 Å². The molecule has 2 heterocycles. The fourth-order valence-electron chi connectivity index (χ4n) is 4.60. The molecule has 1 aliphatic carbocycles. The van der Waals surface area contributed by atoms with Crippen LogP contribution in [0, 0.1) is 17.6 Å². The lowest BCUT2D eigenvalue weighted by Gasteiger charge is -2.21. The third kappa shape index (κ3) is 7.47. The highest BCUT2D eigenvalue weighted by Crippen LogP contribution is 2.35. The summed E-state index contributed by atoms with van der Waals surface area (Å²) in [5, 5.41) is 19.7. The minimum absolute atomic E-state index is 0.149. The van der Waals surface area contributed by atoms with E-state index >= 15 is 0 Å². The van der Waals surface area contributed by atoms with Crippen molar-refractivity contribution in [3.05, 3.63) is 60.7 Å². The summed E-state index contributed by atoms with van der Waals surface area (Å²) in [6.45, 7) is 2.96. The number of amides is 1. The Labute approximate surface area is 241 Å². The van der Waals surface area contributed by atoms with Crippen LogP contribution in [0.1, 0.15) is 19.3 Å². The first kappa shape index (κ1) is 29.1. The SMILES string of the molecule is COc1cc2c(Nc3cnn(CC(=O)Nc4cccc(F)c4F)c3)ncnc2cc1OCCCN(CCO)CC1CC1. The van der Waals surface area contributed by atoms with Crippen molar-refractivity contribution in [3.8, 4) is 11.5 Å². The van der Waals surface area contributed by atoms with Gasteiger partial charge in [-0.3, -0.25) is 9.48 Å². The van der Waals surface area contributed by atoms with Crippen molar-refractivity contribution in [3.63, 3.8) is 0 Å². The van der Waals surface area contributed by atoms with Crippen molar-refractivity contribution in [1.29, 1.82) is 0 Å². The zero-order valence-corrected chi connectivity index (χ0v) is 23.2. The number of carbonyl (C=O) groups is 1. The summed E-state index contributed by atoms with van der Waals surface area (Å²) in [6.07, 6.45) is 7.88. The van der Waals surface area contributed by atoms with Crippen molar-refractivity contribution in [2.24, 2.45) is 5.92 Å². The smallest absolute Gasteiger partial charge is 0.246 e. The van der Waals surface area contributed by atoms with Crippen LogP contribution in [-0.4, -0.2) is 75.6 Å². The molecule has 0 bridgehead atoms. The first-order valence-electron chi connectivity index (χ1n) is 13.8. The van der Waals surface area contributed by atoms with E-state index in [-0.39, 0.29) is 18.8 Å². The molecule has 0 atom stereocenters. The lowest BCUT2D eigenvalue weighted by molar-refractivity contribution is -0.116. The highest BCUT2D eigenvalue weighted by molar-refractivity contribution is 5.93. The first-order chi connectivity index (χ1) is 20.4. The highest BCUT2D eigenvalue weighted by atomic mass is 19.2. The molecule has 2 aromatic carbocycles. The molecule has 3 N–H and O–H groups in total. The zero-order chi connectivity index (χ0) is 29.5. The average molecular weight is 582 g/mol. The third-order valence-electron chi connectivity index (χ3n) is 6.85. The number of nitrogens with zero attached hydrogens (tertiary/aromatic N) is 5. The predicted octanol–water partition coefficient (Wildman–Crippen LogP) is 3.97. The summed E-state index contributed by atoms with van der Waals surface area (Å²) < 4.78 is 40.3. The molecular formula is C29H33F2N7O4. The number of hydrogen-bond acceptors (Lipinski definition) is 9. The van der Waals surface area contributed by atoms with Crippen molar-refractivity contribution < 1.29 is 28.2 Å². The summed E-state index contributed by atoms with van der Waals surface area (Å²) in [5.74, 6) is -0.385. The van der Waals surface area contributed by atoms with Gasteiger partial charge in [0.05, 0.1) is 43.4 Å². The number of benzene rings is 2. The molecule has 0 spiro atoms. The van der Waals surface area contributed by atoms with Gasteiger partial charge in [-0.15, -0.1) is 0 Å². The molecule has 1 aliphatic rings. The molecule has 4 aromatic rings. The molecule has 0 unspecified atom stereocenters. The van der Waals surface area contributed by atoms with Gasteiger partial charge in [0.1, 0.15) is 18.7 Å². The molecule has 1 fully saturated rings. The van der Waals surface area contributed by atoms with E-state index in [2.05, 4.69) is 30.6 Å². The van der Waals surface area contributed by atoms with Gasteiger partial charge in [-0.25, -0.2) is 18.7 Å². The van der Waals surface area contributed by atoms with Crippen LogP contribution in [0.15, 0.2) is 49.1 Å². The number of carbonyl (C=O) groups excluding carboxylic acids is 1. The molecule has 11 nitrogen and oxygen atoms in total. The van der Waals surface area contributed by atoms with Gasteiger partial charge in [0.15, 0.2) is 23.1 Å². The van der Waals surface area contributed by atoms with Crippen molar-refractivity contribution in [2.45, 2.75) is 25.8 Å². The number of fused-ring (bicyclic) bond motifs is 1. The monoisotopic (exact) mass is 581 g/mol. The van der Waals surface area contributed by atoms with Gasteiger partial charge in [-0.2, -0.15) is 5.10 Å². The second-order valence-corrected chi connectivity index (χ2v) is 10.1. The first-order valence-corrected chi connectivity index (χ1v) is 13.8. The summed E-state index contributed by atoms with van der Waals surface area (Å²) in [7, 11) is 1.56. The van der Waals surface area contributed by atoms with Crippen LogP contribution in [0.25, 0.3) is 10.9 Å². The van der Waals surface area contributed by atoms with Crippen LogP contribution in [0.4, 0.5) is 26.0 Å². The lowest BCUT2D eigenvalue weighted by atomic mass is 10.2. The number of aliphatic hydroxyl groups is 1. The Morgan fingerprint density at radius 1 is 1.19 bits per heavy atom. The minimum Gasteiger partial charge on any atom is -0.493 e. The maximum absolute atomic E-state index is 13.9. The number of rotatable bonds is 15. The Morgan fingerprint density at radius 3 is 2.83 bits per heavy atom. The zero-order valence-electron chi connectivity index (χ0n) is 23.2. The van der Waals surface area contributed by atoms with E-state index in [1.54, 1.807) is 25.4 Å². The molecule has 13 heteroatoms. The quantitative estimate of drug-likeness (QED) is 0.179. The number of ether oxygens (including phenoxy) is 2.